The van der Waals surface area contributed by atoms with Gasteiger partial charge >= 0.3 is 0 Å². The number of unbranched alkanes of at least 4 members (excludes halogenated alkanes) is 5. The van der Waals surface area contributed by atoms with E-state index in [1.54, 1.807) is 24.3 Å². The average molecular weight is 409 g/mol. The first-order valence-electron chi connectivity index (χ1n) is 10.4. The van der Waals surface area contributed by atoms with Crippen molar-refractivity contribution < 1.29 is 24.5 Å². The minimum atomic E-state index is -0.554. The molecule has 0 spiro atoms. The maximum atomic E-state index is 12.7. The lowest BCUT2D eigenvalue weighted by molar-refractivity contribution is 0.0960. The van der Waals surface area contributed by atoms with Crippen molar-refractivity contribution >= 4 is 23.0 Å². The fourth-order valence-electron chi connectivity index (χ4n) is 3.49. The van der Waals surface area contributed by atoms with Gasteiger partial charge in [0, 0.05) is 0 Å². The molecule has 3 rings (SSSR count). The third-order valence-electron chi connectivity index (χ3n) is 5.12. The number of ether oxygens (including phenoxy) is 1. The molecule has 2 aromatic carbocycles. The zero-order valence-electron chi connectivity index (χ0n) is 17.2. The topological polar surface area (TPSA) is 96.2 Å². The number of Topliss-reactive ketones (excluding diaryl/α,β-unsaturated/α-hetero) is 2. The van der Waals surface area contributed by atoms with E-state index >= 15 is 0 Å². The molecule has 1 aliphatic rings. The minimum absolute atomic E-state index is 0.0362. The van der Waals surface area contributed by atoms with Gasteiger partial charge in [-0.25, -0.2) is 4.99 Å². The van der Waals surface area contributed by atoms with Crippen molar-refractivity contribution in [3.8, 4) is 17.2 Å². The molecule has 0 unspecified atom stereocenters. The summed E-state index contributed by atoms with van der Waals surface area (Å²) in [5.74, 6) is -0.928. The summed E-state index contributed by atoms with van der Waals surface area (Å²) >= 11 is 0. The van der Waals surface area contributed by atoms with E-state index in [4.69, 9.17) is 4.74 Å². The summed E-state index contributed by atoms with van der Waals surface area (Å²) in [6, 6.07) is 9.40. The molecule has 6 heteroatoms. The van der Waals surface area contributed by atoms with Crippen LogP contribution in [-0.4, -0.2) is 34.1 Å². The quantitative estimate of drug-likeness (QED) is 0.428. The first-order chi connectivity index (χ1) is 14.5. The maximum Gasteiger partial charge on any atom is 0.212 e. The number of nitrogens with zero attached hydrogens (tertiary/aromatic N) is 1. The van der Waals surface area contributed by atoms with Gasteiger partial charge in [0.1, 0.15) is 17.2 Å². The molecular weight excluding hydrogens is 382 g/mol. The number of ketones is 2. The lowest BCUT2D eigenvalue weighted by Crippen LogP contribution is -2.27. The summed E-state index contributed by atoms with van der Waals surface area (Å²) in [7, 11) is 0. The normalized spacial score (nSPS) is 14.8. The maximum absolute atomic E-state index is 12.7. The Labute approximate surface area is 176 Å². The molecule has 1 aliphatic carbocycles. The van der Waals surface area contributed by atoms with Crippen LogP contribution in [0.3, 0.4) is 0 Å². The number of phenols is 2. The van der Waals surface area contributed by atoms with Gasteiger partial charge in [-0.05, 0) is 42.8 Å². The van der Waals surface area contributed by atoms with Crippen LogP contribution in [0.25, 0.3) is 0 Å². The molecule has 6 nitrogen and oxygen atoms in total. The number of hydrogen-bond donors (Lipinski definition) is 2. The van der Waals surface area contributed by atoms with Gasteiger partial charge in [-0.2, -0.15) is 0 Å². The molecule has 0 saturated heterocycles. The molecule has 0 aromatic heterocycles. The van der Waals surface area contributed by atoms with Crippen molar-refractivity contribution in [2.45, 2.75) is 51.9 Å². The predicted molar refractivity (Wildman–Crippen MR) is 115 cm³/mol. The summed E-state index contributed by atoms with van der Waals surface area (Å²) in [5, 5.41) is 19.9. The second-order valence-corrected chi connectivity index (χ2v) is 7.45. The Balaban J connectivity index is 1.63. The highest BCUT2D eigenvalue weighted by Crippen LogP contribution is 2.34. The molecule has 2 aromatic rings. The molecule has 0 amide bonds. The van der Waals surface area contributed by atoms with Crippen molar-refractivity contribution in [3.05, 3.63) is 47.5 Å². The summed E-state index contributed by atoms with van der Waals surface area (Å²) < 4.78 is 5.74. The number of carbonyl (C=O) groups is 2. The Morgan fingerprint density at radius 1 is 0.867 bits per heavy atom. The predicted octanol–water partition coefficient (Wildman–Crippen LogP) is 5.38. The number of benzene rings is 2. The van der Waals surface area contributed by atoms with Crippen molar-refractivity contribution in [2.75, 3.05) is 6.61 Å². The molecular formula is C24H27NO5. The van der Waals surface area contributed by atoms with Crippen molar-refractivity contribution in [1.29, 1.82) is 0 Å². The summed E-state index contributed by atoms with van der Waals surface area (Å²) in [6.07, 6.45) is 6.98. The van der Waals surface area contributed by atoms with Crippen LogP contribution in [0, 0.1) is 0 Å². The smallest absolute Gasteiger partial charge is 0.212 e. The van der Waals surface area contributed by atoms with Crippen LogP contribution in [-0.2, 0) is 0 Å². The van der Waals surface area contributed by atoms with Gasteiger partial charge in [-0.1, -0.05) is 39.0 Å². The van der Waals surface area contributed by atoms with Gasteiger partial charge in [-0.3, -0.25) is 9.59 Å². The van der Waals surface area contributed by atoms with E-state index in [9.17, 15) is 19.8 Å². The number of carbonyl (C=O) groups excluding carboxylic acids is 2. The molecule has 0 saturated carbocycles. The first-order valence-corrected chi connectivity index (χ1v) is 10.4. The molecule has 0 aliphatic heterocycles. The number of aromatic hydroxyl groups is 2. The second kappa shape index (κ2) is 10.1. The van der Waals surface area contributed by atoms with E-state index in [0.717, 1.165) is 18.6 Å². The molecule has 0 fully saturated rings. The van der Waals surface area contributed by atoms with E-state index in [-0.39, 0.29) is 34.8 Å². The zero-order chi connectivity index (χ0) is 21.5. The Hall–Kier alpha value is -3.15. The SMILES string of the molecule is CCCCCCCCOc1ccc(N=C2CC(=O)c3c(O)ccc(O)c3C2=O)cc1. The molecule has 30 heavy (non-hydrogen) atoms. The highest BCUT2D eigenvalue weighted by molar-refractivity contribution is 6.53. The first kappa shape index (κ1) is 21.6. The van der Waals surface area contributed by atoms with Gasteiger partial charge < -0.3 is 14.9 Å². The molecule has 0 radical (unpaired) electrons. The van der Waals surface area contributed by atoms with E-state index in [1.165, 1.54) is 37.8 Å². The number of hydrogen-bond acceptors (Lipinski definition) is 6. The fraction of sp³-hybridized carbons (Fsp3) is 0.375. The zero-order valence-corrected chi connectivity index (χ0v) is 17.2. The van der Waals surface area contributed by atoms with Gasteiger partial charge in [0.25, 0.3) is 0 Å². The van der Waals surface area contributed by atoms with Gasteiger partial charge in [0.2, 0.25) is 5.78 Å². The summed E-state index contributed by atoms with van der Waals surface area (Å²) in [6.45, 7) is 2.86. The standard InChI is InChI=1S/C24H27NO5/c1-2-3-4-5-6-7-14-30-17-10-8-16(9-11-17)25-18-15-21(28)22-19(26)12-13-20(27)23(22)24(18)29/h8-13,26-27H,2-7,14-15H2,1H3. The molecule has 0 heterocycles. The molecule has 158 valence electrons. The minimum Gasteiger partial charge on any atom is -0.507 e. The van der Waals surface area contributed by atoms with Crippen molar-refractivity contribution in [1.82, 2.24) is 0 Å². The number of fused-ring (bicyclic) bond motifs is 1. The van der Waals surface area contributed by atoms with Crippen molar-refractivity contribution in [2.24, 2.45) is 4.99 Å². The Morgan fingerprint density at radius 3 is 2.20 bits per heavy atom. The van der Waals surface area contributed by atoms with Crippen molar-refractivity contribution in [3.63, 3.8) is 0 Å². The fourth-order valence-corrected chi connectivity index (χ4v) is 3.49. The van der Waals surface area contributed by atoms with Gasteiger partial charge in [0.15, 0.2) is 5.78 Å². The van der Waals surface area contributed by atoms with Crippen LogP contribution < -0.4 is 4.74 Å². The Morgan fingerprint density at radius 2 is 1.50 bits per heavy atom. The second-order valence-electron chi connectivity index (χ2n) is 7.45. The third-order valence-corrected chi connectivity index (χ3v) is 5.12. The Kier molecular flexibility index (Phi) is 7.22. The average Bonchev–Trinajstić information content (AvgIpc) is 2.74. The van der Waals surface area contributed by atoms with E-state index in [1.807, 2.05) is 0 Å². The molecule has 0 atom stereocenters. The monoisotopic (exact) mass is 409 g/mol. The number of aliphatic imine (C=N–C) groups is 1. The van der Waals surface area contributed by atoms with Crippen LogP contribution in [0.4, 0.5) is 5.69 Å². The molecule has 0 bridgehead atoms. The largest absolute Gasteiger partial charge is 0.507 e. The summed E-state index contributed by atoms with van der Waals surface area (Å²) in [5.41, 5.74) is 0.219. The highest BCUT2D eigenvalue weighted by Gasteiger charge is 2.34. The van der Waals surface area contributed by atoms with Crippen LogP contribution in [0.5, 0.6) is 17.2 Å². The van der Waals surface area contributed by atoms with Crippen LogP contribution in [0.1, 0.15) is 72.6 Å². The van der Waals surface area contributed by atoms with E-state index < -0.39 is 11.6 Å². The highest BCUT2D eigenvalue weighted by atomic mass is 16.5. The third kappa shape index (κ3) is 5.06. The Bertz CT molecular complexity index is 947. The summed E-state index contributed by atoms with van der Waals surface area (Å²) in [4.78, 5) is 29.4. The van der Waals surface area contributed by atoms with Gasteiger partial charge in [0.05, 0.1) is 35.6 Å². The van der Waals surface area contributed by atoms with E-state index in [2.05, 4.69) is 11.9 Å². The molecule has 2 N–H and O–H groups in total. The van der Waals surface area contributed by atoms with Crippen LogP contribution in [0.15, 0.2) is 41.4 Å². The number of rotatable bonds is 9. The lowest BCUT2D eigenvalue weighted by atomic mass is 9.86. The van der Waals surface area contributed by atoms with E-state index in [0.29, 0.717) is 12.3 Å². The number of phenolic OH excluding ortho intramolecular Hbond substituents is 2. The van der Waals surface area contributed by atoms with Crippen LogP contribution >= 0.6 is 0 Å². The van der Waals surface area contributed by atoms with Crippen LogP contribution in [0.2, 0.25) is 0 Å². The van der Waals surface area contributed by atoms with Gasteiger partial charge in [-0.15, -0.1) is 0 Å². The lowest BCUT2D eigenvalue weighted by Gasteiger charge is -2.17.